The van der Waals surface area contributed by atoms with Crippen LogP contribution in [-0.4, -0.2) is 56.7 Å². The highest BCUT2D eigenvalue weighted by Gasteiger charge is 2.19. The molecule has 0 saturated carbocycles. The average Bonchev–Trinajstić information content (AvgIpc) is 2.78. The van der Waals surface area contributed by atoms with Crippen LogP contribution in [0.4, 0.5) is 5.82 Å². The molecular formula is C17H24N6O. The number of nitrogens with zero attached hydrogens (tertiary/aromatic N) is 6. The van der Waals surface area contributed by atoms with E-state index in [9.17, 15) is 4.79 Å². The Hall–Kier alpha value is -2.44. The van der Waals surface area contributed by atoms with E-state index >= 15 is 0 Å². The fraction of sp³-hybridized carbons (Fsp3) is 0.529. The molecule has 0 N–H and O–H groups in total. The third-order valence-corrected chi connectivity index (χ3v) is 4.31. The van der Waals surface area contributed by atoms with E-state index in [1.807, 2.05) is 36.4 Å². The number of aryl methyl sites for hydroxylation is 2. The first kappa shape index (κ1) is 16.4. The quantitative estimate of drug-likeness (QED) is 0.858. The zero-order valence-electron chi connectivity index (χ0n) is 14.6. The topological polar surface area (TPSA) is 67.2 Å². The Morgan fingerprint density at radius 2 is 1.92 bits per heavy atom. The second kappa shape index (κ2) is 6.98. The van der Waals surface area contributed by atoms with Gasteiger partial charge in [-0.05, 0) is 26.3 Å². The summed E-state index contributed by atoms with van der Waals surface area (Å²) >= 11 is 0. The van der Waals surface area contributed by atoms with Gasteiger partial charge < -0.3 is 9.80 Å². The van der Waals surface area contributed by atoms with Crippen molar-refractivity contribution in [2.75, 3.05) is 31.1 Å². The van der Waals surface area contributed by atoms with Crippen molar-refractivity contribution < 1.29 is 4.79 Å². The number of aromatic nitrogens is 4. The maximum Gasteiger partial charge on any atom is 0.222 e. The fourth-order valence-electron chi connectivity index (χ4n) is 3.08. The van der Waals surface area contributed by atoms with Gasteiger partial charge in [-0.15, -0.1) is 0 Å². The first-order valence-electron chi connectivity index (χ1n) is 8.47. The lowest BCUT2D eigenvalue weighted by Gasteiger charge is -2.22. The Labute approximate surface area is 142 Å². The molecular weight excluding hydrogens is 304 g/mol. The largest absolute Gasteiger partial charge is 0.353 e. The van der Waals surface area contributed by atoms with E-state index in [0.717, 1.165) is 55.6 Å². The molecule has 24 heavy (non-hydrogen) atoms. The molecule has 3 rings (SSSR count). The Kier molecular flexibility index (Phi) is 4.78. The van der Waals surface area contributed by atoms with Crippen LogP contribution >= 0.6 is 0 Å². The fourth-order valence-corrected chi connectivity index (χ4v) is 3.08. The molecule has 0 bridgehead atoms. The number of carbonyl (C=O) groups is 1. The summed E-state index contributed by atoms with van der Waals surface area (Å²) in [6, 6.07) is 2.02. The molecule has 7 heteroatoms. The standard InChI is InChI=1S/C17H24N6O/c1-4-17(24)22-7-5-6-21(8-9-22)15-11-18-12-16(19-15)23-14(3)10-13(2)20-23/h10-12H,4-9H2,1-3H3. The molecule has 128 valence electrons. The molecule has 0 aliphatic carbocycles. The van der Waals surface area contributed by atoms with E-state index in [1.165, 1.54) is 0 Å². The van der Waals surface area contributed by atoms with Gasteiger partial charge in [-0.3, -0.25) is 9.78 Å². The van der Waals surface area contributed by atoms with Crippen molar-refractivity contribution in [2.45, 2.75) is 33.6 Å². The van der Waals surface area contributed by atoms with Crippen molar-refractivity contribution in [3.05, 3.63) is 29.8 Å². The Morgan fingerprint density at radius 1 is 1.12 bits per heavy atom. The summed E-state index contributed by atoms with van der Waals surface area (Å²) in [4.78, 5) is 25.1. The third kappa shape index (κ3) is 3.39. The number of hydrogen-bond acceptors (Lipinski definition) is 5. The smallest absolute Gasteiger partial charge is 0.222 e. The highest BCUT2D eigenvalue weighted by Crippen LogP contribution is 2.16. The minimum absolute atomic E-state index is 0.222. The highest BCUT2D eigenvalue weighted by atomic mass is 16.2. The molecule has 1 amide bonds. The predicted octanol–water partition coefficient (Wildman–Crippen LogP) is 1.73. The van der Waals surface area contributed by atoms with E-state index in [-0.39, 0.29) is 5.91 Å². The number of anilines is 1. The van der Waals surface area contributed by atoms with Crippen molar-refractivity contribution in [2.24, 2.45) is 0 Å². The summed E-state index contributed by atoms with van der Waals surface area (Å²) in [5.41, 5.74) is 2.00. The Bertz CT molecular complexity index is 726. The SMILES string of the molecule is CCC(=O)N1CCCN(c2cncc(-n3nc(C)cc3C)n2)CC1. The number of hydrogen-bond donors (Lipinski definition) is 0. The molecule has 1 aliphatic rings. The molecule has 0 unspecified atom stereocenters. The number of amides is 1. The van der Waals surface area contributed by atoms with Crippen molar-refractivity contribution in [3.63, 3.8) is 0 Å². The van der Waals surface area contributed by atoms with E-state index in [4.69, 9.17) is 4.98 Å². The van der Waals surface area contributed by atoms with Gasteiger partial charge in [-0.25, -0.2) is 9.67 Å². The molecule has 7 nitrogen and oxygen atoms in total. The minimum atomic E-state index is 0.222. The second-order valence-electron chi connectivity index (χ2n) is 6.15. The van der Waals surface area contributed by atoms with E-state index in [2.05, 4.69) is 15.0 Å². The molecule has 0 spiro atoms. The van der Waals surface area contributed by atoms with Crippen LogP contribution in [0.1, 0.15) is 31.2 Å². The van der Waals surface area contributed by atoms with Crippen LogP contribution in [0.15, 0.2) is 18.5 Å². The highest BCUT2D eigenvalue weighted by molar-refractivity contribution is 5.75. The molecule has 1 fully saturated rings. The zero-order chi connectivity index (χ0) is 17.1. The first-order chi connectivity index (χ1) is 11.6. The van der Waals surface area contributed by atoms with Gasteiger partial charge in [0.15, 0.2) is 5.82 Å². The molecule has 1 saturated heterocycles. The molecule has 2 aromatic heterocycles. The molecule has 3 heterocycles. The molecule has 0 atom stereocenters. The summed E-state index contributed by atoms with van der Waals surface area (Å²) < 4.78 is 1.82. The molecule has 0 radical (unpaired) electrons. The van der Waals surface area contributed by atoms with Gasteiger partial charge in [0.05, 0.1) is 18.1 Å². The summed E-state index contributed by atoms with van der Waals surface area (Å²) in [7, 11) is 0. The van der Waals surface area contributed by atoms with Gasteiger partial charge in [-0.2, -0.15) is 5.10 Å². The monoisotopic (exact) mass is 328 g/mol. The third-order valence-electron chi connectivity index (χ3n) is 4.31. The number of carbonyl (C=O) groups excluding carboxylic acids is 1. The van der Waals surface area contributed by atoms with Gasteiger partial charge in [0.2, 0.25) is 5.91 Å². The molecule has 0 aromatic carbocycles. The zero-order valence-corrected chi connectivity index (χ0v) is 14.6. The summed E-state index contributed by atoms with van der Waals surface area (Å²) in [5.74, 6) is 1.79. The van der Waals surface area contributed by atoms with Crippen LogP contribution in [0.3, 0.4) is 0 Å². The first-order valence-corrected chi connectivity index (χ1v) is 8.47. The van der Waals surface area contributed by atoms with Crippen LogP contribution in [0.25, 0.3) is 5.82 Å². The molecule has 1 aliphatic heterocycles. The predicted molar refractivity (Wildman–Crippen MR) is 92.3 cm³/mol. The normalized spacial score (nSPS) is 15.5. The van der Waals surface area contributed by atoms with Crippen LogP contribution in [-0.2, 0) is 4.79 Å². The van der Waals surface area contributed by atoms with Crippen LogP contribution in [0, 0.1) is 13.8 Å². The van der Waals surface area contributed by atoms with E-state index in [1.54, 1.807) is 12.4 Å². The summed E-state index contributed by atoms with van der Waals surface area (Å²) in [5, 5.41) is 4.47. The lowest BCUT2D eigenvalue weighted by Crippen LogP contribution is -2.35. The Morgan fingerprint density at radius 3 is 2.62 bits per heavy atom. The maximum absolute atomic E-state index is 11.9. The van der Waals surface area contributed by atoms with Gasteiger partial charge >= 0.3 is 0 Å². The second-order valence-corrected chi connectivity index (χ2v) is 6.15. The van der Waals surface area contributed by atoms with E-state index in [0.29, 0.717) is 6.42 Å². The Balaban J connectivity index is 1.79. The van der Waals surface area contributed by atoms with Gasteiger partial charge in [-0.1, -0.05) is 6.92 Å². The van der Waals surface area contributed by atoms with Crippen molar-refractivity contribution in [3.8, 4) is 5.82 Å². The average molecular weight is 328 g/mol. The van der Waals surface area contributed by atoms with Gasteiger partial charge in [0.25, 0.3) is 0 Å². The van der Waals surface area contributed by atoms with Crippen molar-refractivity contribution in [1.29, 1.82) is 0 Å². The maximum atomic E-state index is 11.9. The summed E-state index contributed by atoms with van der Waals surface area (Å²) in [6.07, 6.45) is 5.02. The van der Waals surface area contributed by atoms with E-state index < -0.39 is 0 Å². The van der Waals surface area contributed by atoms with Crippen molar-refractivity contribution in [1.82, 2.24) is 24.6 Å². The minimum Gasteiger partial charge on any atom is -0.353 e. The van der Waals surface area contributed by atoms with Crippen LogP contribution in [0.2, 0.25) is 0 Å². The van der Waals surface area contributed by atoms with Crippen LogP contribution in [0.5, 0.6) is 0 Å². The number of rotatable bonds is 3. The van der Waals surface area contributed by atoms with Crippen LogP contribution < -0.4 is 4.90 Å². The lowest BCUT2D eigenvalue weighted by atomic mass is 10.3. The lowest BCUT2D eigenvalue weighted by molar-refractivity contribution is -0.130. The summed E-state index contributed by atoms with van der Waals surface area (Å²) in [6.45, 7) is 9.09. The van der Waals surface area contributed by atoms with Crippen molar-refractivity contribution >= 4 is 11.7 Å². The van der Waals surface area contributed by atoms with Gasteiger partial charge in [0.1, 0.15) is 5.82 Å². The van der Waals surface area contributed by atoms with Gasteiger partial charge in [0, 0.05) is 38.3 Å². The molecule has 2 aromatic rings.